The predicted molar refractivity (Wildman–Crippen MR) is 68.0 cm³/mol. The maximum Gasteiger partial charge on any atom is 0.320 e. The summed E-state index contributed by atoms with van der Waals surface area (Å²) < 4.78 is 0. The number of carbonyl (C=O) groups excluding carboxylic acids is 1. The van der Waals surface area contributed by atoms with Crippen molar-refractivity contribution >= 4 is 11.9 Å². The minimum atomic E-state index is -0.810. The lowest BCUT2D eigenvalue weighted by atomic mass is 9.97. The van der Waals surface area contributed by atoms with Gasteiger partial charge in [-0.1, -0.05) is 6.08 Å². The molecule has 1 rings (SSSR count). The number of aliphatic carboxylic acids is 1. The molecule has 1 saturated heterocycles. The molecule has 1 aliphatic heterocycles. The van der Waals surface area contributed by atoms with Crippen LogP contribution in [0.1, 0.15) is 19.8 Å². The highest BCUT2D eigenvalue weighted by Gasteiger charge is 2.34. The first kappa shape index (κ1) is 14.7. The highest BCUT2D eigenvalue weighted by Crippen LogP contribution is 2.23. The largest absolute Gasteiger partial charge is 0.480 e. The van der Waals surface area contributed by atoms with Gasteiger partial charge in [-0.3, -0.25) is 14.9 Å². The van der Waals surface area contributed by atoms with E-state index >= 15 is 0 Å². The van der Waals surface area contributed by atoms with E-state index in [1.165, 1.54) is 6.92 Å². The van der Waals surface area contributed by atoms with Gasteiger partial charge in [0.25, 0.3) is 0 Å². The first-order valence-corrected chi connectivity index (χ1v) is 6.11. The summed E-state index contributed by atoms with van der Waals surface area (Å²) in [6, 6.07) is -0.346. The number of carbonyl (C=O) groups is 2. The number of nitrogens with one attached hydrogen (secondary N) is 3. The smallest absolute Gasteiger partial charge is 0.320 e. The van der Waals surface area contributed by atoms with Crippen LogP contribution in [0.5, 0.6) is 0 Å². The van der Waals surface area contributed by atoms with Crippen molar-refractivity contribution in [2.24, 2.45) is 5.92 Å². The van der Waals surface area contributed by atoms with Gasteiger partial charge in [0.1, 0.15) is 6.04 Å². The molecule has 1 fully saturated rings. The molecule has 0 radical (unpaired) electrons. The third-order valence-electron chi connectivity index (χ3n) is 3.14. The van der Waals surface area contributed by atoms with Crippen LogP contribution in [-0.4, -0.2) is 42.3 Å². The normalized spacial score (nSPS) is 26.8. The molecule has 0 aliphatic carbocycles. The van der Waals surface area contributed by atoms with Crippen LogP contribution in [0.3, 0.4) is 0 Å². The number of amides is 1. The van der Waals surface area contributed by atoms with Gasteiger partial charge in [0, 0.05) is 13.0 Å². The van der Waals surface area contributed by atoms with Crippen molar-refractivity contribution in [1.82, 2.24) is 16.0 Å². The molecule has 0 aromatic rings. The van der Waals surface area contributed by atoms with E-state index in [4.69, 9.17) is 5.11 Å². The maximum absolute atomic E-state index is 10.9. The van der Waals surface area contributed by atoms with Crippen molar-refractivity contribution in [3.63, 3.8) is 0 Å². The molecule has 0 spiro atoms. The van der Waals surface area contributed by atoms with Crippen molar-refractivity contribution in [2.45, 2.75) is 31.8 Å². The first-order chi connectivity index (χ1) is 8.54. The third-order valence-corrected chi connectivity index (χ3v) is 3.14. The van der Waals surface area contributed by atoms with E-state index in [9.17, 15) is 9.59 Å². The van der Waals surface area contributed by atoms with Gasteiger partial charge in [-0.25, -0.2) is 0 Å². The van der Waals surface area contributed by atoms with Gasteiger partial charge in [0.05, 0.1) is 6.67 Å². The van der Waals surface area contributed by atoms with Crippen LogP contribution < -0.4 is 16.0 Å². The molecular formula is C12H21N3O3. The number of hydrogen-bond donors (Lipinski definition) is 4. The Labute approximate surface area is 107 Å². The van der Waals surface area contributed by atoms with Crippen LogP contribution >= 0.6 is 0 Å². The van der Waals surface area contributed by atoms with E-state index in [1.807, 2.05) is 6.08 Å². The lowest BCUT2D eigenvalue weighted by Gasteiger charge is -2.16. The van der Waals surface area contributed by atoms with Crippen LogP contribution in [0.2, 0.25) is 0 Å². The fourth-order valence-electron chi connectivity index (χ4n) is 2.15. The van der Waals surface area contributed by atoms with E-state index in [0.717, 1.165) is 6.42 Å². The molecule has 6 heteroatoms. The monoisotopic (exact) mass is 255 g/mol. The summed E-state index contributed by atoms with van der Waals surface area (Å²) in [6.07, 6.45) is 3.21. The zero-order chi connectivity index (χ0) is 13.5. The Kier molecular flexibility index (Phi) is 5.80. The van der Waals surface area contributed by atoms with E-state index in [2.05, 4.69) is 22.5 Å². The quantitative estimate of drug-likeness (QED) is 0.284. The zero-order valence-electron chi connectivity index (χ0n) is 10.6. The number of rotatable bonds is 7. The van der Waals surface area contributed by atoms with E-state index in [-0.39, 0.29) is 17.9 Å². The molecule has 18 heavy (non-hydrogen) atoms. The summed E-state index contributed by atoms with van der Waals surface area (Å²) in [5.41, 5.74) is 0. The Balaban J connectivity index is 2.26. The standard InChI is InChI=1S/C12H21N3O3/c1-3-9-6-11(12(17)18)15-10(9)4-5-13-7-14-8(2)16/h3,9-11,13,15H,1,4-7H2,2H3,(H,14,16)(H,17,18)/t9-,10-,11-/m1/s1. The molecule has 0 aromatic carbocycles. The average Bonchev–Trinajstić information content (AvgIpc) is 2.71. The molecular weight excluding hydrogens is 234 g/mol. The van der Waals surface area contributed by atoms with Gasteiger partial charge >= 0.3 is 5.97 Å². The van der Waals surface area contributed by atoms with Crippen molar-refractivity contribution in [3.8, 4) is 0 Å². The topological polar surface area (TPSA) is 90.5 Å². The summed E-state index contributed by atoms with van der Waals surface area (Å²) >= 11 is 0. The molecule has 4 N–H and O–H groups in total. The summed E-state index contributed by atoms with van der Waals surface area (Å²) in [5.74, 6) is -0.694. The molecule has 1 aliphatic rings. The minimum absolute atomic E-state index is 0.0728. The summed E-state index contributed by atoms with van der Waals surface area (Å²) in [4.78, 5) is 21.5. The van der Waals surface area contributed by atoms with E-state index in [1.54, 1.807) is 0 Å². The molecule has 1 amide bonds. The van der Waals surface area contributed by atoms with Gasteiger partial charge in [-0.05, 0) is 25.3 Å². The highest BCUT2D eigenvalue weighted by molar-refractivity contribution is 5.74. The first-order valence-electron chi connectivity index (χ1n) is 6.11. The second-order valence-electron chi connectivity index (χ2n) is 4.50. The molecule has 102 valence electrons. The minimum Gasteiger partial charge on any atom is -0.480 e. The fraction of sp³-hybridized carbons (Fsp3) is 0.667. The third kappa shape index (κ3) is 4.46. The second kappa shape index (κ2) is 7.13. The van der Waals surface area contributed by atoms with Gasteiger partial charge < -0.3 is 15.7 Å². The SMILES string of the molecule is C=C[C@@H]1C[C@H](C(=O)O)N[C@@H]1CCNCNC(C)=O. The lowest BCUT2D eigenvalue weighted by molar-refractivity contribution is -0.139. The van der Waals surface area contributed by atoms with Crippen LogP contribution in [0, 0.1) is 5.92 Å². The van der Waals surface area contributed by atoms with Gasteiger partial charge in [0.15, 0.2) is 0 Å². The van der Waals surface area contributed by atoms with E-state index in [0.29, 0.717) is 19.6 Å². The molecule has 1 heterocycles. The van der Waals surface area contributed by atoms with Crippen LogP contribution in [0.15, 0.2) is 12.7 Å². The second-order valence-corrected chi connectivity index (χ2v) is 4.50. The lowest BCUT2D eigenvalue weighted by Crippen LogP contribution is -2.39. The summed E-state index contributed by atoms with van der Waals surface area (Å²) in [7, 11) is 0. The van der Waals surface area contributed by atoms with Crippen LogP contribution in [0.4, 0.5) is 0 Å². The van der Waals surface area contributed by atoms with Crippen molar-refractivity contribution in [3.05, 3.63) is 12.7 Å². The Morgan fingerprint density at radius 3 is 2.83 bits per heavy atom. The van der Waals surface area contributed by atoms with Crippen molar-refractivity contribution < 1.29 is 14.7 Å². The summed E-state index contributed by atoms with van der Waals surface area (Å²) in [6.45, 7) is 6.36. The molecule has 0 unspecified atom stereocenters. The number of carboxylic acids is 1. The van der Waals surface area contributed by atoms with Crippen LogP contribution in [0.25, 0.3) is 0 Å². The Morgan fingerprint density at radius 2 is 2.28 bits per heavy atom. The van der Waals surface area contributed by atoms with Gasteiger partial charge in [0.2, 0.25) is 5.91 Å². The highest BCUT2D eigenvalue weighted by atomic mass is 16.4. The van der Waals surface area contributed by atoms with Crippen molar-refractivity contribution in [1.29, 1.82) is 0 Å². The Morgan fingerprint density at radius 1 is 1.56 bits per heavy atom. The molecule has 0 bridgehead atoms. The average molecular weight is 255 g/mol. The van der Waals surface area contributed by atoms with Crippen molar-refractivity contribution in [2.75, 3.05) is 13.2 Å². The number of carboxylic acid groups (broad SMARTS) is 1. The van der Waals surface area contributed by atoms with Gasteiger partial charge in [-0.15, -0.1) is 6.58 Å². The Bertz CT molecular complexity index is 320. The predicted octanol–water partition coefficient (Wildman–Crippen LogP) is -0.323. The van der Waals surface area contributed by atoms with E-state index < -0.39 is 12.0 Å². The molecule has 3 atom stereocenters. The Hall–Kier alpha value is -1.40. The molecule has 0 saturated carbocycles. The molecule has 6 nitrogen and oxygen atoms in total. The van der Waals surface area contributed by atoms with Crippen LogP contribution in [-0.2, 0) is 9.59 Å². The number of hydrogen-bond acceptors (Lipinski definition) is 4. The zero-order valence-corrected chi connectivity index (χ0v) is 10.6. The maximum atomic E-state index is 10.9. The fourth-order valence-corrected chi connectivity index (χ4v) is 2.15. The summed E-state index contributed by atoms with van der Waals surface area (Å²) in [5, 5.41) is 17.8. The van der Waals surface area contributed by atoms with Gasteiger partial charge in [-0.2, -0.15) is 0 Å². The molecule has 0 aromatic heterocycles.